The third-order valence-corrected chi connectivity index (χ3v) is 7.08. The molecule has 2 aliphatic heterocycles. The molecule has 1 aromatic carbocycles. The van der Waals surface area contributed by atoms with E-state index in [4.69, 9.17) is 8.85 Å². The van der Waals surface area contributed by atoms with Crippen molar-refractivity contribution in [3.05, 3.63) is 42.5 Å². The maximum absolute atomic E-state index is 15.3. The number of phenols is 1. The fourth-order valence-corrected chi connectivity index (χ4v) is 5.21. The Bertz CT molecular complexity index is 1330. The van der Waals surface area contributed by atoms with Crippen molar-refractivity contribution >= 4 is 5.82 Å². The third-order valence-electron chi connectivity index (χ3n) is 7.08. The van der Waals surface area contributed by atoms with Crippen LogP contribution in [0.25, 0.3) is 22.5 Å². The Hall–Kier alpha value is -3.40. The highest BCUT2D eigenvalue weighted by molar-refractivity contribution is 5.73. The Morgan fingerprint density at radius 3 is 2.83 bits per heavy atom. The maximum Gasteiger partial charge on any atom is 0.213 e. The lowest BCUT2D eigenvalue weighted by Gasteiger charge is -2.51. The van der Waals surface area contributed by atoms with E-state index in [0.29, 0.717) is 12.2 Å². The first-order valence-electron chi connectivity index (χ1n) is 13.0. The molecule has 5 rings (SSSR count). The number of alkyl halides is 1. The number of aromatic nitrogens is 4. The number of aromatic hydroxyl groups is 1. The van der Waals surface area contributed by atoms with Crippen LogP contribution in [0.15, 0.2) is 36.7 Å². The van der Waals surface area contributed by atoms with Gasteiger partial charge in [0.1, 0.15) is 17.7 Å². The van der Waals surface area contributed by atoms with Crippen LogP contribution in [0.2, 0.25) is 0 Å². The van der Waals surface area contributed by atoms with E-state index in [1.54, 1.807) is 11.9 Å². The number of nitrogens with zero attached hydrogens (tertiary/aromatic N) is 5. The van der Waals surface area contributed by atoms with Crippen molar-refractivity contribution in [2.45, 2.75) is 56.4 Å². The maximum atomic E-state index is 15.3. The zero-order valence-corrected chi connectivity index (χ0v) is 19.4. The van der Waals surface area contributed by atoms with Gasteiger partial charge in [0.2, 0.25) is 5.88 Å². The predicted molar refractivity (Wildman–Crippen MR) is 128 cm³/mol. The average Bonchev–Trinajstić information content (AvgIpc) is 2.86. The molecular formula is C25H28F2N6O2. The SMILES string of the molecule is [2H]C([2H])([2H])Oc1cc(-c2ccc(-c3ncc(N(C)[C@@H]4C[C@@]5(C)CCC[C@H](N5)[C@@H]4F)nn3)c(O)c2)c(F)cn1. The fraction of sp³-hybridized carbons (Fsp3) is 0.440. The third kappa shape index (κ3) is 4.38. The van der Waals surface area contributed by atoms with E-state index in [2.05, 4.69) is 32.4 Å². The normalized spacial score (nSPS) is 27.4. The number of rotatable bonds is 5. The van der Waals surface area contributed by atoms with Crippen molar-refractivity contribution in [1.29, 1.82) is 0 Å². The van der Waals surface area contributed by atoms with Crippen LogP contribution in [0.5, 0.6) is 11.6 Å². The number of fused-ring (bicyclic) bond motifs is 2. The topological polar surface area (TPSA) is 96.3 Å². The minimum atomic E-state index is -2.74. The summed E-state index contributed by atoms with van der Waals surface area (Å²) in [4.78, 5) is 9.75. The van der Waals surface area contributed by atoms with E-state index in [9.17, 15) is 9.50 Å². The van der Waals surface area contributed by atoms with Gasteiger partial charge in [0, 0.05) is 30.3 Å². The smallest absolute Gasteiger partial charge is 0.213 e. The quantitative estimate of drug-likeness (QED) is 0.562. The number of anilines is 1. The number of methoxy groups -OCH3 is 1. The van der Waals surface area contributed by atoms with Gasteiger partial charge in [0.15, 0.2) is 11.6 Å². The molecule has 10 heteroatoms. The van der Waals surface area contributed by atoms with Crippen LogP contribution in [-0.4, -0.2) is 63.2 Å². The first kappa shape index (κ1) is 19.9. The number of piperidine rings is 2. The molecule has 35 heavy (non-hydrogen) atoms. The molecule has 0 aliphatic carbocycles. The van der Waals surface area contributed by atoms with E-state index in [1.165, 1.54) is 24.4 Å². The molecule has 4 atom stereocenters. The summed E-state index contributed by atoms with van der Waals surface area (Å²) in [6, 6.07) is 4.92. The summed E-state index contributed by atoms with van der Waals surface area (Å²) in [6.07, 6.45) is 4.73. The number of benzene rings is 1. The van der Waals surface area contributed by atoms with Gasteiger partial charge in [-0.05, 0) is 50.3 Å². The number of nitrogens with one attached hydrogen (secondary N) is 1. The monoisotopic (exact) mass is 485 g/mol. The number of phenolic OH excluding ortho intramolecular Hbond substituents is 1. The first-order valence-corrected chi connectivity index (χ1v) is 11.5. The van der Waals surface area contributed by atoms with Crippen molar-refractivity contribution in [2.24, 2.45) is 0 Å². The van der Waals surface area contributed by atoms with Crippen molar-refractivity contribution in [3.8, 4) is 34.1 Å². The molecule has 8 nitrogen and oxygen atoms in total. The minimum Gasteiger partial charge on any atom is -0.507 e. The summed E-state index contributed by atoms with van der Waals surface area (Å²) in [6.45, 7) is 2.13. The van der Waals surface area contributed by atoms with E-state index in [-0.39, 0.29) is 51.8 Å². The van der Waals surface area contributed by atoms with Crippen LogP contribution in [0.4, 0.5) is 14.6 Å². The lowest BCUT2D eigenvalue weighted by Crippen LogP contribution is -2.66. The molecule has 184 valence electrons. The van der Waals surface area contributed by atoms with Gasteiger partial charge in [-0.3, -0.25) is 0 Å². The van der Waals surface area contributed by atoms with Gasteiger partial charge in [-0.1, -0.05) is 6.07 Å². The second kappa shape index (κ2) is 8.99. The molecule has 2 aliphatic rings. The van der Waals surface area contributed by atoms with Crippen LogP contribution in [0.1, 0.15) is 36.7 Å². The van der Waals surface area contributed by atoms with Gasteiger partial charge in [0.25, 0.3) is 0 Å². The van der Waals surface area contributed by atoms with E-state index in [0.717, 1.165) is 31.5 Å². The number of hydrogen-bond donors (Lipinski definition) is 2. The molecule has 0 unspecified atom stereocenters. The van der Waals surface area contributed by atoms with Gasteiger partial charge in [-0.15, -0.1) is 10.2 Å². The second-order valence-electron chi connectivity index (χ2n) is 9.51. The van der Waals surface area contributed by atoms with Gasteiger partial charge >= 0.3 is 0 Å². The van der Waals surface area contributed by atoms with E-state index in [1.807, 2.05) is 0 Å². The van der Waals surface area contributed by atoms with Crippen molar-refractivity contribution in [2.75, 3.05) is 19.0 Å². The minimum absolute atomic E-state index is 0.00155. The fourth-order valence-electron chi connectivity index (χ4n) is 5.21. The van der Waals surface area contributed by atoms with Crippen LogP contribution in [0.3, 0.4) is 0 Å². The highest BCUT2D eigenvalue weighted by Gasteiger charge is 2.47. The summed E-state index contributed by atoms with van der Waals surface area (Å²) in [5.74, 6) is -0.676. The van der Waals surface area contributed by atoms with Gasteiger partial charge in [-0.25, -0.2) is 18.7 Å². The molecule has 2 N–H and O–H groups in total. The molecule has 0 radical (unpaired) electrons. The Morgan fingerprint density at radius 1 is 1.23 bits per heavy atom. The zero-order valence-electron chi connectivity index (χ0n) is 22.4. The lowest BCUT2D eigenvalue weighted by atomic mass is 9.74. The number of hydrogen-bond acceptors (Lipinski definition) is 8. The molecular weight excluding hydrogens is 454 g/mol. The molecule has 0 saturated carbocycles. The predicted octanol–water partition coefficient (Wildman–Crippen LogP) is 3.90. The highest BCUT2D eigenvalue weighted by Crippen LogP contribution is 2.38. The Labute approximate surface area is 206 Å². The molecule has 4 heterocycles. The molecule has 3 aromatic rings. The van der Waals surface area contributed by atoms with Gasteiger partial charge in [-0.2, -0.15) is 0 Å². The Balaban J connectivity index is 1.36. The van der Waals surface area contributed by atoms with Gasteiger partial charge < -0.3 is 20.1 Å². The van der Waals surface area contributed by atoms with Crippen LogP contribution in [-0.2, 0) is 0 Å². The van der Waals surface area contributed by atoms with Crippen molar-refractivity contribution < 1.29 is 22.7 Å². The average molecular weight is 486 g/mol. The van der Waals surface area contributed by atoms with E-state index >= 15 is 4.39 Å². The molecule has 0 spiro atoms. The second-order valence-corrected chi connectivity index (χ2v) is 9.51. The highest BCUT2D eigenvalue weighted by atomic mass is 19.1. The Kier molecular flexibility index (Phi) is 5.10. The van der Waals surface area contributed by atoms with E-state index < -0.39 is 19.0 Å². The summed E-state index contributed by atoms with van der Waals surface area (Å²) in [5.41, 5.74) is 0.409. The Morgan fingerprint density at radius 2 is 2.09 bits per heavy atom. The number of ether oxygens (including phenoxy) is 1. The largest absolute Gasteiger partial charge is 0.507 e. The van der Waals surface area contributed by atoms with Gasteiger partial charge in [0.05, 0.1) is 35.1 Å². The zero-order chi connectivity index (χ0) is 27.2. The van der Waals surface area contributed by atoms with Crippen molar-refractivity contribution in [3.63, 3.8) is 0 Å². The molecule has 0 amide bonds. The summed E-state index contributed by atoms with van der Waals surface area (Å²) >= 11 is 0. The first-order chi connectivity index (χ1) is 17.9. The van der Waals surface area contributed by atoms with Crippen molar-refractivity contribution in [1.82, 2.24) is 25.5 Å². The summed E-state index contributed by atoms with van der Waals surface area (Å²) in [7, 11) is -0.957. The molecule has 2 bridgehead atoms. The lowest BCUT2D eigenvalue weighted by molar-refractivity contribution is 0.0607. The molecule has 2 saturated heterocycles. The van der Waals surface area contributed by atoms with Crippen LogP contribution >= 0.6 is 0 Å². The van der Waals surface area contributed by atoms with Crippen LogP contribution in [0, 0.1) is 5.82 Å². The number of halogens is 2. The molecule has 2 aromatic heterocycles. The molecule has 2 fully saturated rings. The standard InChI is InChI=1S/C25H28F2N6O2/c1-25-8-4-5-18(30-25)23(27)19(11-25)33(2)21-13-29-24(32-31-21)15-7-6-14(9-20(15)34)16-10-22(35-3)28-12-17(16)26/h6-7,9-10,12-13,18-19,23,30,34H,4-5,8,11H2,1-3H3/t18-,19+,23-,25+/m0/s1/i3D3. The summed E-state index contributed by atoms with van der Waals surface area (Å²) < 4.78 is 56.0. The number of pyridine rings is 1. The van der Waals surface area contributed by atoms with Crippen LogP contribution < -0.4 is 15.0 Å². The summed E-state index contributed by atoms with van der Waals surface area (Å²) in [5, 5.41) is 22.5.